The largest absolute Gasteiger partial charge is 0.508 e. The van der Waals surface area contributed by atoms with Gasteiger partial charge in [-0.3, -0.25) is 9.59 Å². The molecule has 2 aromatic rings. The Bertz CT molecular complexity index is 1310. The second kappa shape index (κ2) is 8.28. The van der Waals surface area contributed by atoms with Crippen LogP contribution in [-0.2, 0) is 21.4 Å². The highest BCUT2D eigenvalue weighted by atomic mass is 16.6. The topological polar surface area (TPSA) is 79.3 Å². The van der Waals surface area contributed by atoms with Crippen molar-refractivity contribution in [2.75, 3.05) is 20.6 Å². The number of hydrogen-bond acceptors (Lipinski definition) is 6. The van der Waals surface area contributed by atoms with Crippen LogP contribution in [0.5, 0.6) is 17.2 Å². The van der Waals surface area contributed by atoms with Crippen molar-refractivity contribution in [2.24, 2.45) is 5.92 Å². The van der Waals surface area contributed by atoms with Gasteiger partial charge >= 0.3 is 5.97 Å². The van der Waals surface area contributed by atoms with Crippen LogP contribution in [0.25, 0.3) is 0 Å². The molecule has 7 nitrogen and oxygen atoms in total. The minimum Gasteiger partial charge on any atom is -0.508 e. The maximum atomic E-state index is 13.2. The van der Waals surface area contributed by atoms with Crippen LogP contribution in [0.3, 0.4) is 0 Å². The lowest BCUT2D eigenvalue weighted by molar-refractivity contribution is -0.133. The summed E-state index contributed by atoms with van der Waals surface area (Å²) >= 11 is 0. The molecule has 36 heavy (non-hydrogen) atoms. The summed E-state index contributed by atoms with van der Waals surface area (Å²) in [6, 6.07) is 11.1. The van der Waals surface area contributed by atoms with E-state index in [1.54, 1.807) is 11.9 Å². The van der Waals surface area contributed by atoms with E-state index in [-0.39, 0.29) is 41.0 Å². The van der Waals surface area contributed by atoms with Crippen LogP contribution in [0.4, 0.5) is 0 Å². The van der Waals surface area contributed by atoms with Gasteiger partial charge in [-0.2, -0.15) is 0 Å². The predicted molar refractivity (Wildman–Crippen MR) is 133 cm³/mol. The summed E-state index contributed by atoms with van der Waals surface area (Å²) in [5.41, 5.74) is 2.31. The van der Waals surface area contributed by atoms with Crippen LogP contribution in [0.1, 0.15) is 42.9 Å². The molecule has 1 amide bonds. The first-order valence-corrected chi connectivity index (χ1v) is 12.6. The van der Waals surface area contributed by atoms with E-state index >= 15 is 0 Å². The number of carbonyl (C=O) groups excluding carboxylic acids is 2. The maximum Gasteiger partial charge on any atom is 0.308 e. The fourth-order valence-corrected chi connectivity index (χ4v) is 7.28. The van der Waals surface area contributed by atoms with Crippen LogP contribution < -0.4 is 9.47 Å². The number of esters is 1. The molecule has 2 heterocycles. The van der Waals surface area contributed by atoms with Gasteiger partial charge in [0, 0.05) is 54.1 Å². The van der Waals surface area contributed by atoms with Crippen molar-refractivity contribution >= 4 is 11.9 Å². The Hall–Kier alpha value is -3.50. The molecule has 2 bridgehead atoms. The molecule has 186 valence electrons. The second-order valence-electron chi connectivity index (χ2n) is 10.5. The molecule has 1 saturated carbocycles. The number of amides is 1. The number of benzene rings is 2. The first-order valence-electron chi connectivity index (χ1n) is 12.6. The van der Waals surface area contributed by atoms with E-state index in [1.165, 1.54) is 13.0 Å². The highest BCUT2D eigenvalue weighted by Gasteiger charge is 2.66. The summed E-state index contributed by atoms with van der Waals surface area (Å²) in [5.74, 6) is 6.36. The zero-order valence-corrected chi connectivity index (χ0v) is 20.8. The summed E-state index contributed by atoms with van der Waals surface area (Å²) in [5, 5.41) is 11.0. The molecule has 1 saturated heterocycles. The van der Waals surface area contributed by atoms with Crippen molar-refractivity contribution in [3.63, 3.8) is 0 Å². The van der Waals surface area contributed by atoms with Crippen LogP contribution in [0.15, 0.2) is 36.4 Å². The molecule has 0 aromatic heterocycles. The van der Waals surface area contributed by atoms with Gasteiger partial charge in [-0.1, -0.05) is 24.1 Å². The molecule has 0 unspecified atom stereocenters. The molecule has 2 fully saturated rings. The molecule has 1 spiro atoms. The summed E-state index contributed by atoms with van der Waals surface area (Å²) in [7, 11) is 3.95. The highest BCUT2D eigenvalue weighted by Crippen LogP contribution is 2.65. The molecule has 6 rings (SSSR count). The van der Waals surface area contributed by atoms with E-state index in [4.69, 9.17) is 9.47 Å². The SMILES string of the molecule is CC(=O)Oc1cc(O)c2c3c1O[C@H]1[C@H](N(C)C(=O)C#Cc4ccccc4)CC[C@H]4[C@@H](C2)N(C)CC[C@@]341. The van der Waals surface area contributed by atoms with E-state index in [2.05, 4.69) is 23.8 Å². The third kappa shape index (κ3) is 3.24. The van der Waals surface area contributed by atoms with Gasteiger partial charge in [0.2, 0.25) is 0 Å². The number of likely N-dealkylation sites (tertiary alicyclic amines) is 1. The fourth-order valence-electron chi connectivity index (χ4n) is 7.28. The number of aromatic hydroxyl groups is 1. The minimum atomic E-state index is -0.463. The van der Waals surface area contributed by atoms with Crippen molar-refractivity contribution in [2.45, 2.75) is 56.2 Å². The third-order valence-corrected chi connectivity index (χ3v) is 8.81. The first-order chi connectivity index (χ1) is 17.3. The summed E-state index contributed by atoms with van der Waals surface area (Å²) < 4.78 is 12.2. The first kappa shape index (κ1) is 22.9. The van der Waals surface area contributed by atoms with Gasteiger partial charge < -0.3 is 24.4 Å². The van der Waals surface area contributed by atoms with Gasteiger partial charge in [-0.25, -0.2) is 0 Å². The van der Waals surface area contributed by atoms with Gasteiger partial charge in [0.05, 0.1) is 6.04 Å². The molecule has 2 aromatic carbocycles. The summed E-state index contributed by atoms with van der Waals surface area (Å²) in [6.07, 6.45) is 3.03. The number of phenolic OH excluding ortho intramolecular Hbond substituents is 1. The normalized spacial score (nSPS) is 29.3. The molecule has 7 heteroatoms. The van der Waals surface area contributed by atoms with E-state index in [1.807, 2.05) is 30.3 Å². The number of hydrogen-bond donors (Lipinski definition) is 1. The Morgan fingerprint density at radius 1 is 1.25 bits per heavy atom. The molecule has 5 atom stereocenters. The Kier molecular flexibility index (Phi) is 5.27. The van der Waals surface area contributed by atoms with E-state index in [9.17, 15) is 14.7 Å². The quantitative estimate of drug-likeness (QED) is 0.400. The van der Waals surface area contributed by atoms with Crippen LogP contribution in [-0.4, -0.2) is 65.6 Å². The van der Waals surface area contributed by atoms with Gasteiger partial charge in [0.15, 0.2) is 11.5 Å². The van der Waals surface area contributed by atoms with Crippen LogP contribution >= 0.6 is 0 Å². The lowest BCUT2D eigenvalue weighted by Gasteiger charge is -2.59. The number of carbonyl (C=O) groups is 2. The number of piperidine rings is 1. The van der Waals surface area contributed by atoms with Crippen molar-refractivity contribution in [3.8, 4) is 29.1 Å². The van der Waals surface area contributed by atoms with Crippen LogP contribution in [0.2, 0.25) is 0 Å². The highest BCUT2D eigenvalue weighted by molar-refractivity contribution is 5.94. The van der Waals surface area contributed by atoms with Crippen molar-refractivity contribution in [3.05, 3.63) is 53.1 Å². The lowest BCUT2D eigenvalue weighted by atomic mass is 9.51. The van der Waals surface area contributed by atoms with Crippen molar-refractivity contribution < 1.29 is 24.2 Å². The smallest absolute Gasteiger partial charge is 0.308 e. The minimum absolute atomic E-state index is 0.146. The monoisotopic (exact) mass is 486 g/mol. The van der Waals surface area contributed by atoms with Crippen LogP contribution in [0, 0.1) is 17.8 Å². The standard InChI is InChI=1S/C29H30N2O5/c1-17(32)35-24-16-23(33)19-15-22-20-10-11-21(31(3)25(34)12-9-18-7-5-4-6-8-18)28-29(20,13-14-30(22)2)26(19)27(24)36-28/h4-8,16,20-22,28,33H,10-11,13-15H2,1-3H3/t20-,21+,22+,28-,29-/m0/s1. The Morgan fingerprint density at radius 2 is 2.03 bits per heavy atom. The number of likely N-dealkylation sites (N-methyl/N-ethyl adjacent to an activating group) is 2. The predicted octanol–water partition coefficient (Wildman–Crippen LogP) is 2.87. The van der Waals surface area contributed by atoms with Crippen molar-refractivity contribution in [1.82, 2.24) is 9.80 Å². The van der Waals surface area contributed by atoms with Gasteiger partial charge in [-0.05, 0) is 57.3 Å². The Balaban J connectivity index is 1.42. The summed E-state index contributed by atoms with van der Waals surface area (Å²) in [6.45, 7) is 2.25. The van der Waals surface area contributed by atoms with Gasteiger partial charge in [0.1, 0.15) is 11.9 Å². The number of ether oxygens (including phenoxy) is 2. The lowest BCUT2D eigenvalue weighted by Crippen LogP contribution is -2.68. The summed E-state index contributed by atoms with van der Waals surface area (Å²) in [4.78, 5) is 29.2. The Labute approximate surface area is 211 Å². The molecule has 0 radical (unpaired) electrons. The number of rotatable bonds is 2. The van der Waals surface area contributed by atoms with E-state index < -0.39 is 5.97 Å². The van der Waals surface area contributed by atoms with E-state index in [0.717, 1.165) is 48.9 Å². The molecular formula is C29H30N2O5. The molecule has 2 aliphatic heterocycles. The fraction of sp³-hybridized carbons (Fsp3) is 0.448. The third-order valence-electron chi connectivity index (χ3n) is 8.81. The molecule has 4 aliphatic rings. The van der Waals surface area contributed by atoms with Gasteiger partial charge in [-0.15, -0.1) is 0 Å². The molecular weight excluding hydrogens is 456 g/mol. The molecule has 2 aliphatic carbocycles. The number of nitrogens with zero attached hydrogens (tertiary/aromatic N) is 2. The van der Waals surface area contributed by atoms with Gasteiger partial charge in [0.25, 0.3) is 5.91 Å². The zero-order chi connectivity index (χ0) is 25.2. The maximum absolute atomic E-state index is 13.2. The second-order valence-corrected chi connectivity index (χ2v) is 10.5. The molecule has 1 N–H and O–H groups in total. The zero-order valence-electron chi connectivity index (χ0n) is 20.8. The average molecular weight is 487 g/mol. The Morgan fingerprint density at radius 3 is 2.78 bits per heavy atom. The van der Waals surface area contributed by atoms with E-state index in [0.29, 0.717) is 11.7 Å². The average Bonchev–Trinajstić information content (AvgIpc) is 3.21. The number of phenols is 1. The van der Waals surface area contributed by atoms with Crippen molar-refractivity contribution in [1.29, 1.82) is 0 Å².